The van der Waals surface area contributed by atoms with Gasteiger partial charge in [-0.15, -0.1) is 0 Å². The molecule has 3 heterocycles. The van der Waals surface area contributed by atoms with E-state index in [1.807, 2.05) is 24.4 Å². The first-order chi connectivity index (χ1) is 13.5. The van der Waals surface area contributed by atoms with Crippen molar-refractivity contribution in [1.82, 2.24) is 14.4 Å². The van der Waals surface area contributed by atoms with Gasteiger partial charge in [0, 0.05) is 24.0 Å². The molecule has 4 rings (SSSR count). The summed E-state index contributed by atoms with van der Waals surface area (Å²) in [6, 6.07) is 9.95. The number of nitrogens with zero attached hydrogens (tertiary/aromatic N) is 4. The third-order valence-corrected chi connectivity index (χ3v) is 4.60. The van der Waals surface area contributed by atoms with Crippen molar-refractivity contribution < 1.29 is 13.9 Å². The van der Waals surface area contributed by atoms with Crippen molar-refractivity contribution in [2.75, 3.05) is 0 Å². The predicted octanol–water partition coefficient (Wildman–Crippen LogP) is 3.87. The van der Waals surface area contributed by atoms with E-state index in [0.29, 0.717) is 28.0 Å². The van der Waals surface area contributed by atoms with E-state index < -0.39 is 11.8 Å². The molecule has 28 heavy (non-hydrogen) atoms. The van der Waals surface area contributed by atoms with Crippen LogP contribution in [0.4, 0.5) is 4.39 Å². The minimum Gasteiger partial charge on any atom is -0.457 e. The van der Waals surface area contributed by atoms with Crippen LogP contribution in [0.15, 0.2) is 42.7 Å². The number of aromatic nitrogens is 3. The smallest absolute Gasteiger partial charge is 0.340 e. The van der Waals surface area contributed by atoms with Crippen molar-refractivity contribution in [2.24, 2.45) is 0 Å². The normalized spacial score (nSPS) is 10.9. The van der Waals surface area contributed by atoms with Crippen LogP contribution in [-0.4, -0.2) is 20.3 Å². The van der Waals surface area contributed by atoms with Gasteiger partial charge in [-0.3, -0.25) is 0 Å². The van der Waals surface area contributed by atoms with Gasteiger partial charge in [0.05, 0.1) is 33.5 Å². The number of hydrogen-bond donors (Lipinski definition) is 0. The standard InChI is InChI=1S/C21H15FN4O2/c1-12-13(2)25-20-16(7-15(22)8-18(20)24-12)21(27)28-11-14-10-26-6-4-3-5-19(26)17(14)9-23/h3-8,10H,11H2,1-2H3. The van der Waals surface area contributed by atoms with Gasteiger partial charge in [-0.05, 0) is 32.0 Å². The van der Waals surface area contributed by atoms with Crippen molar-refractivity contribution in [3.05, 3.63) is 76.6 Å². The van der Waals surface area contributed by atoms with Crippen LogP contribution in [0.1, 0.15) is 32.9 Å². The molecule has 0 saturated heterocycles. The minimum absolute atomic E-state index is 0.00729. The lowest BCUT2D eigenvalue weighted by molar-refractivity contribution is 0.0474. The highest BCUT2D eigenvalue weighted by atomic mass is 19.1. The van der Waals surface area contributed by atoms with Crippen LogP contribution < -0.4 is 0 Å². The molecule has 0 spiro atoms. The van der Waals surface area contributed by atoms with Crippen molar-refractivity contribution in [2.45, 2.75) is 20.5 Å². The molecule has 0 aliphatic heterocycles. The van der Waals surface area contributed by atoms with Gasteiger partial charge in [0.25, 0.3) is 0 Å². The summed E-state index contributed by atoms with van der Waals surface area (Å²) in [6.07, 6.45) is 3.54. The maximum absolute atomic E-state index is 14.0. The van der Waals surface area contributed by atoms with Gasteiger partial charge in [0.2, 0.25) is 0 Å². The Morgan fingerprint density at radius 3 is 2.82 bits per heavy atom. The number of pyridine rings is 1. The summed E-state index contributed by atoms with van der Waals surface area (Å²) < 4.78 is 21.2. The highest BCUT2D eigenvalue weighted by molar-refractivity contribution is 6.01. The highest BCUT2D eigenvalue weighted by Gasteiger charge is 2.18. The number of rotatable bonds is 3. The van der Waals surface area contributed by atoms with E-state index in [1.54, 1.807) is 24.4 Å². The molecular weight excluding hydrogens is 359 g/mol. The molecule has 0 saturated carbocycles. The molecule has 3 aromatic heterocycles. The van der Waals surface area contributed by atoms with E-state index in [4.69, 9.17) is 4.74 Å². The number of ether oxygens (including phenoxy) is 1. The predicted molar refractivity (Wildman–Crippen MR) is 100 cm³/mol. The van der Waals surface area contributed by atoms with E-state index in [-0.39, 0.29) is 17.7 Å². The molecule has 0 fully saturated rings. The van der Waals surface area contributed by atoms with E-state index in [2.05, 4.69) is 16.0 Å². The molecule has 0 atom stereocenters. The van der Waals surface area contributed by atoms with Gasteiger partial charge >= 0.3 is 5.97 Å². The topological polar surface area (TPSA) is 80.3 Å². The summed E-state index contributed by atoms with van der Waals surface area (Å²) in [4.78, 5) is 21.3. The Kier molecular flexibility index (Phi) is 4.24. The lowest BCUT2D eigenvalue weighted by Gasteiger charge is -2.09. The Labute approximate surface area is 159 Å². The van der Waals surface area contributed by atoms with Crippen molar-refractivity contribution in [3.63, 3.8) is 0 Å². The number of aryl methyl sites for hydroxylation is 2. The number of carbonyl (C=O) groups is 1. The number of halogens is 1. The van der Waals surface area contributed by atoms with Gasteiger partial charge in [0.15, 0.2) is 0 Å². The SMILES string of the molecule is Cc1nc2cc(F)cc(C(=O)OCc3cn4ccccc4c3C#N)c2nc1C. The van der Waals surface area contributed by atoms with Crippen LogP contribution in [0.5, 0.6) is 0 Å². The molecule has 0 unspecified atom stereocenters. The van der Waals surface area contributed by atoms with Gasteiger partial charge in [-0.25, -0.2) is 19.2 Å². The number of esters is 1. The molecule has 1 aromatic carbocycles. The largest absolute Gasteiger partial charge is 0.457 e. The van der Waals surface area contributed by atoms with Crippen molar-refractivity contribution in [3.8, 4) is 6.07 Å². The summed E-state index contributed by atoms with van der Waals surface area (Å²) in [5.74, 6) is -1.31. The molecule has 0 amide bonds. The second kappa shape index (κ2) is 6.74. The fourth-order valence-corrected chi connectivity index (χ4v) is 3.09. The lowest BCUT2D eigenvalue weighted by Crippen LogP contribution is -2.09. The van der Waals surface area contributed by atoms with E-state index in [9.17, 15) is 14.4 Å². The van der Waals surface area contributed by atoms with Crippen molar-refractivity contribution in [1.29, 1.82) is 5.26 Å². The first-order valence-corrected chi connectivity index (χ1v) is 8.58. The summed E-state index contributed by atoms with van der Waals surface area (Å²) in [5.41, 5.74) is 3.64. The molecule has 4 aromatic rings. The lowest BCUT2D eigenvalue weighted by atomic mass is 10.1. The van der Waals surface area contributed by atoms with Gasteiger partial charge < -0.3 is 9.14 Å². The second-order valence-corrected chi connectivity index (χ2v) is 6.43. The van der Waals surface area contributed by atoms with E-state index >= 15 is 0 Å². The zero-order valence-electron chi connectivity index (χ0n) is 15.2. The zero-order valence-corrected chi connectivity index (χ0v) is 15.2. The summed E-state index contributed by atoms with van der Waals surface area (Å²) in [6.45, 7) is 3.43. The minimum atomic E-state index is -0.721. The van der Waals surface area contributed by atoms with Crippen LogP contribution in [0.25, 0.3) is 16.6 Å². The Morgan fingerprint density at radius 2 is 2.04 bits per heavy atom. The fourth-order valence-electron chi connectivity index (χ4n) is 3.09. The number of benzene rings is 1. The van der Waals surface area contributed by atoms with Crippen LogP contribution in [0.2, 0.25) is 0 Å². The summed E-state index contributed by atoms with van der Waals surface area (Å²) in [5, 5.41) is 9.45. The molecule has 138 valence electrons. The van der Waals surface area contributed by atoms with Crippen LogP contribution in [-0.2, 0) is 11.3 Å². The molecule has 6 nitrogen and oxygen atoms in total. The van der Waals surface area contributed by atoms with Gasteiger partial charge in [-0.1, -0.05) is 6.07 Å². The first kappa shape index (κ1) is 17.6. The molecule has 0 aliphatic rings. The quantitative estimate of drug-likeness (QED) is 0.509. The maximum Gasteiger partial charge on any atom is 0.340 e. The van der Waals surface area contributed by atoms with Gasteiger partial charge in [0.1, 0.15) is 24.0 Å². The maximum atomic E-state index is 14.0. The van der Waals surface area contributed by atoms with E-state index in [1.165, 1.54) is 6.07 Å². The number of fused-ring (bicyclic) bond motifs is 2. The Hall–Kier alpha value is -3.79. The summed E-state index contributed by atoms with van der Waals surface area (Å²) >= 11 is 0. The number of nitriles is 1. The Balaban J connectivity index is 1.68. The van der Waals surface area contributed by atoms with Crippen LogP contribution >= 0.6 is 0 Å². The average molecular weight is 374 g/mol. The molecule has 0 N–H and O–H groups in total. The molecule has 0 aliphatic carbocycles. The molecule has 0 bridgehead atoms. The average Bonchev–Trinajstić information content (AvgIpc) is 3.04. The number of carbonyl (C=O) groups excluding carboxylic acids is 1. The Bertz CT molecular complexity index is 1290. The third-order valence-electron chi connectivity index (χ3n) is 4.60. The monoisotopic (exact) mass is 374 g/mol. The van der Waals surface area contributed by atoms with Crippen molar-refractivity contribution >= 4 is 22.5 Å². The second-order valence-electron chi connectivity index (χ2n) is 6.43. The zero-order chi connectivity index (χ0) is 19.8. The Morgan fingerprint density at radius 1 is 1.25 bits per heavy atom. The first-order valence-electron chi connectivity index (χ1n) is 8.58. The molecule has 7 heteroatoms. The fraction of sp³-hybridized carbons (Fsp3) is 0.143. The van der Waals surface area contributed by atoms with Gasteiger partial charge in [-0.2, -0.15) is 5.26 Å². The third kappa shape index (κ3) is 2.95. The summed E-state index contributed by atoms with van der Waals surface area (Å²) in [7, 11) is 0. The molecule has 0 radical (unpaired) electrons. The number of hydrogen-bond acceptors (Lipinski definition) is 5. The van der Waals surface area contributed by atoms with Crippen LogP contribution in [0.3, 0.4) is 0 Å². The highest BCUT2D eigenvalue weighted by Crippen LogP contribution is 2.22. The van der Waals surface area contributed by atoms with E-state index in [0.717, 1.165) is 11.6 Å². The molecular formula is C21H15FN4O2. The van der Waals surface area contributed by atoms with Crippen LogP contribution in [0, 0.1) is 31.0 Å².